The molecule has 1 aliphatic heterocycles. The van der Waals surface area contributed by atoms with Gasteiger partial charge in [-0.25, -0.2) is 4.68 Å². The van der Waals surface area contributed by atoms with Gasteiger partial charge in [0.15, 0.2) is 0 Å². The van der Waals surface area contributed by atoms with Crippen LogP contribution < -0.4 is 5.56 Å². The lowest BCUT2D eigenvalue weighted by Crippen LogP contribution is -2.49. The first kappa shape index (κ1) is 14.7. The van der Waals surface area contributed by atoms with E-state index in [1.807, 2.05) is 6.92 Å². The van der Waals surface area contributed by atoms with Crippen LogP contribution in [0, 0.1) is 0 Å². The standard InChI is InChI=1S/C14H21N3O3/c1-3-8-17-12(18)6-5-11(15-17)13(19)16-9-4-7-14(2,20)10-16/h5-6,20H,3-4,7-10H2,1-2H3. The third-order valence-corrected chi connectivity index (χ3v) is 3.48. The molecule has 0 aliphatic carbocycles. The van der Waals surface area contributed by atoms with Crippen LogP contribution in [0.15, 0.2) is 16.9 Å². The number of rotatable bonds is 3. The number of aromatic nitrogens is 2. The van der Waals surface area contributed by atoms with Crippen molar-refractivity contribution in [2.24, 2.45) is 0 Å². The number of nitrogens with zero attached hydrogens (tertiary/aromatic N) is 3. The van der Waals surface area contributed by atoms with E-state index in [9.17, 15) is 14.7 Å². The molecular formula is C14H21N3O3. The minimum atomic E-state index is -0.841. The zero-order valence-electron chi connectivity index (χ0n) is 12.0. The van der Waals surface area contributed by atoms with E-state index in [2.05, 4.69) is 5.10 Å². The molecule has 0 bridgehead atoms. The van der Waals surface area contributed by atoms with Crippen molar-refractivity contribution < 1.29 is 9.90 Å². The Balaban J connectivity index is 2.20. The highest BCUT2D eigenvalue weighted by Crippen LogP contribution is 2.21. The van der Waals surface area contributed by atoms with E-state index in [1.54, 1.807) is 11.8 Å². The molecule has 110 valence electrons. The second-order valence-corrected chi connectivity index (χ2v) is 5.61. The van der Waals surface area contributed by atoms with Crippen LogP contribution in [-0.2, 0) is 6.54 Å². The van der Waals surface area contributed by atoms with Gasteiger partial charge in [-0.1, -0.05) is 6.92 Å². The maximum absolute atomic E-state index is 12.4. The maximum Gasteiger partial charge on any atom is 0.274 e. The summed E-state index contributed by atoms with van der Waals surface area (Å²) >= 11 is 0. The molecule has 1 unspecified atom stereocenters. The van der Waals surface area contributed by atoms with Gasteiger partial charge in [-0.15, -0.1) is 0 Å². The number of piperidine rings is 1. The molecule has 20 heavy (non-hydrogen) atoms. The first-order valence-electron chi connectivity index (χ1n) is 7.03. The number of aryl methyl sites for hydroxylation is 1. The van der Waals surface area contributed by atoms with Gasteiger partial charge in [-0.05, 0) is 32.3 Å². The quantitative estimate of drug-likeness (QED) is 0.881. The Morgan fingerprint density at radius 3 is 2.90 bits per heavy atom. The maximum atomic E-state index is 12.4. The van der Waals surface area contributed by atoms with E-state index >= 15 is 0 Å². The molecule has 0 spiro atoms. The molecule has 2 heterocycles. The number of carbonyl (C=O) groups excluding carboxylic acids is 1. The molecule has 6 heteroatoms. The first-order valence-corrected chi connectivity index (χ1v) is 7.03. The Kier molecular flexibility index (Phi) is 4.23. The van der Waals surface area contributed by atoms with Gasteiger partial charge >= 0.3 is 0 Å². The number of likely N-dealkylation sites (tertiary alicyclic amines) is 1. The van der Waals surface area contributed by atoms with E-state index in [0.717, 1.165) is 12.8 Å². The van der Waals surface area contributed by atoms with Crippen molar-refractivity contribution in [2.45, 2.75) is 45.3 Å². The second kappa shape index (κ2) is 5.75. The molecule has 1 amide bonds. The summed E-state index contributed by atoms with van der Waals surface area (Å²) in [6.07, 6.45) is 2.25. The number of hydrogen-bond acceptors (Lipinski definition) is 4. The summed E-state index contributed by atoms with van der Waals surface area (Å²) in [6.45, 7) is 5.10. The summed E-state index contributed by atoms with van der Waals surface area (Å²) in [5.41, 5.74) is -0.782. The topological polar surface area (TPSA) is 75.4 Å². The van der Waals surface area contributed by atoms with E-state index in [-0.39, 0.29) is 17.2 Å². The third-order valence-electron chi connectivity index (χ3n) is 3.48. The van der Waals surface area contributed by atoms with Crippen molar-refractivity contribution in [2.75, 3.05) is 13.1 Å². The average Bonchev–Trinajstić information content (AvgIpc) is 2.39. The fraction of sp³-hybridized carbons (Fsp3) is 0.643. The van der Waals surface area contributed by atoms with E-state index in [1.165, 1.54) is 16.8 Å². The lowest BCUT2D eigenvalue weighted by molar-refractivity contribution is -0.0110. The number of amides is 1. The van der Waals surface area contributed by atoms with E-state index < -0.39 is 5.60 Å². The van der Waals surface area contributed by atoms with Crippen molar-refractivity contribution in [3.63, 3.8) is 0 Å². The van der Waals surface area contributed by atoms with Gasteiger partial charge in [0.1, 0.15) is 5.69 Å². The molecule has 1 fully saturated rings. The fourth-order valence-corrected chi connectivity index (χ4v) is 2.49. The summed E-state index contributed by atoms with van der Waals surface area (Å²) in [7, 11) is 0. The predicted molar refractivity (Wildman–Crippen MR) is 74.5 cm³/mol. The summed E-state index contributed by atoms with van der Waals surface area (Å²) in [5.74, 6) is -0.227. The Hall–Kier alpha value is -1.69. The van der Waals surface area contributed by atoms with Crippen molar-refractivity contribution in [3.05, 3.63) is 28.2 Å². The van der Waals surface area contributed by atoms with Crippen molar-refractivity contribution in [1.82, 2.24) is 14.7 Å². The van der Waals surface area contributed by atoms with Crippen LogP contribution >= 0.6 is 0 Å². The van der Waals surface area contributed by atoms with Gasteiger partial charge in [0.2, 0.25) is 0 Å². The van der Waals surface area contributed by atoms with E-state index in [0.29, 0.717) is 26.1 Å². The SMILES string of the molecule is CCCn1nc(C(=O)N2CCCC(C)(O)C2)ccc1=O. The van der Waals surface area contributed by atoms with Gasteiger partial charge in [0, 0.05) is 25.7 Å². The second-order valence-electron chi connectivity index (χ2n) is 5.61. The van der Waals surface area contributed by atoms with Crippen LogP contribution in [0.1, 0.15) is 43.6 Å². The molecule has 1 aromatic heterocycles. The Morgan fingerprint density at radius 1 is 1.50 bits per heavy atom. The van der Waals surface area contributed by atoms with Crippen LogP contribution in [-0.4, -0.2) is 44.4 Å². The molecule has 0 saturated carbocycles. The highest BCUT2D eigenvalue weighted by atomic mass is 16.3. The summed E-state index contributed by atoms with van der Waals surface area (Å²) < 4.78 is 1.31. The smallest absolute Gasteiger partial charge is 0.274 e. The predicted octanol–water partition coefficient (Wildman–Crippen LogP) is 0.640. The van der Waals surface area contributed by atoms with Crippen molar-refractivity contribution >= 4 is 5.91 Å². The highest BCUT2D eigenvalue weighted by molar-refractivity contribution is 5.92. The zero-order valence-corrected chi connectivity index (χ0v) is 12.0. The summed E-state index contributed by atoms with van der Waals surface area (Å²) in [5, 5.41) is 14.2. The summed E-state index contributed by atoms with van der Waals surface area (Å²) in [4.78, 5) is 25.6. The Bertz CT molecular complexity index is 551. The lowest BCUT2D eigenvalue weighted by atomic mass is 9.95. The van der Waals surface area contributed by atoms with Crippen LogP contribution in [0.25, 0.3) is 0 Å². The molecular weight excluding hydrogens is 258 g/mol. The van der Waals surface area contributed by atoms with Crippen LogP contribution in [0.5, 0.6) is 0 Å². The fourth-order valence-electron chi connectivity index (χ4n) is 2.49. The van der Waals surface area contributed by atoms with Crippen LogP contribution in [0.3, 0.4) is 0 Å². The first-order chi connectivity index (χ1) is 9.43. The Labute approximate surface area is 118 Å². The Morgan fingerprint density at radius 2 is 2.25 bits per heavy atom. The van der Waals surface area contributed by atoms with Gasteiger partial charge in [0.25, 0.3) is 11.5 Å². The third kappa shape index (κ3) is 3.25. The van der Waals surface area contributed by atoms with Gasteiger partial charge in [0.05, 0.1) is 5.60 Å². The van der Waals surface area contributed by atoms with Gasteiger partial charge in [-0.3, -0.25) is 9.59 Å². The molecule has 1 saturated heterocycles. The number of hydrogen-bond donors (Lipinski definition) is 1. The molecule has 1 N–H and O–H groups in total. The monoisotopic (exact) mass is 279 g/mol. The average molecular weight is 279 g/mol. The minimum absolute atomic E-state index is 0.200. The molecule has 1 aliphatic rings. The molecule has 2 rings (SSSR count). The summed E-state index contributed by atoms with van der Waals surface area (Å²) in [6, 6.07) is 2.83. The van der Waals surface area contributed by atoms with Crippen LogP contribution in [0.2, 0.25) is 0 Å². The molecule has 0 aromatic carbocycles. The van der Waals surface area contributed by atoms with Crippen molar-refractivity contribution in [1.29, 1.82) is 0 Å². The van der Waals surface area contributed by atoms with E-state index in [4.69, 9.17) is 0 Å². The zero-order chi connectivity index (χ0) is 14.8. The number of carbonyl (C=O) groups is 1. The molecule has 6 nitrogen and oxygen atoms in total. The van der Waals surface area contributed by atoms with Crippen molar-refractivity contribution in [3.8, 4) is 0 Å². The molecule has 1 aromatic rings. The highest BCUT2D eigenvalue weighted by Gasteiger charge is 2.31. The number of aliphatic hydroxyl groups is 1. The lowest BCUT2D eigenvalue weighted by Gasteiger charge is -2.36. The molecule has 0 radical (unpaired) electrons. The minimum Gasteiger partial charge on any atom is -0.388 e. The number of β-amino-alcohol motifs (C(OH)–C–C–N with tert-alkyl or cyclic N) is 1. The van der Waals surface area contributed by atoms with Crippen LogP contribution in [0.4, 0.5) is 0 Å². The molecule has 1 atom stereocenters. The van der Waals surface area contributed by atoms with Gasteiger partial charge in [-0.2, -0.15) is 5.10 Å². The largest absolute Gasteiger partial charge is 0.388 e. The normalized spacial score (nSPS) is 22.9. The van der Waals surface area contributed by atoms with Gasteiger partial charge < -0.3 is 10.0 Å².